The fourth-order valence-electron chi connectivity index (χ4n) is 8.07. The van der Waals surface area contributed by atoms with Crippen LogP contribution in [-0.2, 0) is 17.8 Å². The summed E-state index contributed by atoms with van der Waals surface area (Å²) >= 11 is 8.88. The molecule has 1 atom stereocenters. The first-order valence-corrected chi connectivity index (χ1v) is 21.1. The first kappa shape index (κ1) is 38.7. The molecule has 2 amide bonds. The molecule has 3 fully saturated rings. The SMILES string of the molecule is O=C(NCCC[C@H](Cc1ccccc1)C(=O)N1CCC(O)(Cn2cnc3cc(N4CCN(I)CC4)ccc3c2=O)CC1)c1ccc2c(Cl)cc(C3CC3)nc2c1. The van der Waals surface area contributed by atoms with Crippen LogP contribution in [0.3, 0.4) is 0 Å². The Morgan fingerprint density at radius 2 is 1.68 bits per heavy atom. The highest BCUT2D eigenvalue weighted by Gasteiger charge is 2.36. The van der Waals surface area contributed by atoms with Gasteiger partial charge in [0.25, 0.3) is 11.5 Å². The Bertz CT molecular complexity index is 2290. The molecule has 0 radical (unpaired) electrons. The van der Waals surface area contributed by atoms with Gasteiger partial charge in [-0.25, -0.2) is 8.10 Å². The predicted octanol–water partition coefficient (Wildman–Crippen LogP) is 6.37. The van der Waals surface area contributed by atoms with Crippen LogP contribution >= 0.6 is 34.5 Å². The molecule has 2 aliphatic heterocycles. The molecular weight excluding hydrogens is 841 g/mol. The third-order valence-electron chi connectivity index (χ3n) is 11.6. The summed E-state index contributed by atoms with van der Waals surface area (Å²) in [4.78, 5) is 54.4. The van der Waals surface area contributed by atoms with Crippen LogP contribution < -0.4 is 15.8 Å². The molecular formula is C43H47ClIN7O4. The lowest BCUT2D eigenvalue weighted by atomic mass is 9.88. The third-order valence-corrected chi connectivity index (χ3v) is 12.9. The van der Waals surface area contributed by atoms with E-state index in [1.54, 1.807) is 18.5 Å². The first-order valence-electron chi connectivity index (χ1n) is 19.7. The number of nitrogens with zero attached hydrogens (tertiary/aromatic N) is 6. The summed E-state index contributed by atoms with van der Waals surface area (Å²) in [6.45, 7) is 5.13. The van der Waals surface area contributed by atoms with E-state index in [2.05, 4.69) is 41.2 Å². The maximum Gasteiger partial charge on any atom is 0.261 e. The quantitative estimate of drug-likeness (QED) is 0.0843. The van der Waals surface area contributed by atoms with E-state index in [1.165, 1.54) is 4.57 Å². The van der Waals surface area contributed by atoms with Crippen molar-refractivity contribution in [1.82, 2.24) is 27.9 Å². The van der Waals surface area contributed by atoms with E-state index in [9.17, 15) is 19.5 Å². The smallest absolute Gasteiger partial charge is 0.261 e. The van der Waals surface area contributed by atoms with E-state index in [1.807, 2.05) is 65.6 Å². The van der Waals surface area contributed by atoms with Crippen LogP contribution in [0.4, 0.5) is 5.69 Å². The monoisotopic (exact) mass is 887 g/mol. The second-order valence-corrected chi connectivity index (χ2v) is 17.4. The van der Waals surface area contributed by atoms with Crippen LogP contribution in [0, 0.1) is 5.92 Å². The minimum Gasteiger partial charge on any atom is -0.388 e. The van der Waals surface area contributed by atoms with Crippen LogP contribution in [0.1, 0.15) is 66.1 Å². The molecule has 56 heavy (non-hydrogen) atoms. The lowest BCUT2D eigenvalue weighted by molar-refractivity contribution is -0.140. The van der Waals surface area contributed by atoms with Crippen molar-refractivity contribution in [2.75, 3.05) is 50.7 Å². The van der Waals surface area contributed by atoms with Gasteiger partial charge in [-0.05, 0) is 86.9 Å². The summed E-state index contributed by atoms with van der Waals surface area (Å²) in [5, 5.41) is 16.7. The molecule has 8 rings (SSSR count). The number of aromatic nitrogens is 3. The molecule has 2 aromatic heterocycles. The maximum atomic E-state index is 14.1. The lowest BCUT2D eigenvalue weighted by Crippen LogP contribution is -2.51. The van der Waals surface area contributed by atoms with Crippen molar-refractivity contribution in [3.05, 3.63) is 111 Å². The summed E-state index contributed by atoms with van der Waals surface area (Å²) in [5.41, 5.74) is 3.71. The van der Waals surface area contributed by atoms with Crippen molar-refractivity contribution in [3.8, 4) is 0 Å². The predicted molar refractivity (Wildman–Crippen MR) is 229 cm³/mol. The number of fused-ring (bicyclic) bond motifs is 2. The fourth-order valence-corrected chi connectivity index (χ4v) is 8.77. The number of hydrogen-bond acceptors (Lipinski definition) is 8. The highest BCUT2D eigenvalue weighted by molar-refractivity contribution is 14.1. The number of carbonyl (C=O) groups is 2. The molecule has 11 nitrogen and oxygen atoms in total. The van der Waals surface area contributed by atoms with Gasteiger partial charge in [-0.2, -0.15) is 0 Å². The Balaban J connectivity index is 0.875. The van der Waals surface area contributed by atoms with Crippen molar-refractivity contribution in [2.24, 2.45) is 5.92 Å². The van der Waals surface area contributed by atoms with Gasteiger partial charge in [-0.1, -0.05) is 48.0 Å². The van der Waals surface area contributed by atoms with E-state index in [-0.39, 0.29) is 29.8 Å². The number of carbonyl (C=O) groups excluding carboxylic acids is 2. The zero-order valence-corrected chi connectivity index (χ0v) is 34.3. The van der Waals surface area contributed by atoms with Crippen LogP contribution in [0.15, 0.2) is 83.9 Å². The molecule has 0 spiro atoms. The number of anilines is 1. The highest BCUT2D eigenvalue weighted by atomic mass is 127. The topological polar surface area (TPSA) is 124 Å². The van der Waals surface area contributed by atoms with Crippen LogP contribution in [0.5, 0.6) is 0 Å². The van der Waals surface area contributed by atoms with E-state index >= 15 is 0 Å². The van der Waals surface area contributed by atoms with Crippen LogP contribution in [-0.4, -0.2) is 90.9 Å². The van der Waals surface area contributed by atoms with E-state index in [0.717, 1.165) is 66.9 Å². The van der Waals surface area contributed by atoms with Gasteiger partial charge in [-0.15, -0.1) is 0 Å². The molecule has 3 aromatic carbocycles. The number of likely N-dealkylation sites (tertiary alicyclic amines) is 1. The Labute approximate surface area is 345 Å². The molecule has 0 unspecified atom stereocenters. The molecule has 4 heterocycles. The highest BCUT2D eigenvalue weighted by Crippen LogP contribution is 2.41. The second kappa shape index (κ2) is 16.8. The van der Waals surface area contributed by atoms with Gasteiger partial charge in [0.1, 0.15) is 0 Å². The molecule has 292 valence electrons. The number of piperazine rings is 1. The zero-order chi connectivity index (χ0) is 38.8. The average Bonchev–Trinajstić information content (AvgIpc) is 4.07. The van der Waals surface area contributed by atoms with Gasteiger partial charge in [0.2, 0.25) is 5.91 Å². The van der Waals surface area contributed by atoms with Gasteiger partial charge in [-0.3, -0.25) is 23.9 Å². The lowest BCUT2D eigenvalue weighted by Gasteiger charge is -2.39. The Kier molecular flexibility index (Phi) is 11.6. The third kappa shape index (κ3) is 8.88. The van der Waals surface area contributed by atoms with Crippen molar-refractivity contribution in [1.29, 1.82) is 0 Å². The summed E-state index contributed by atoms with van der Waals surface area (Å²) in [6.07, 6.45) is 6.30. The van der Waals surface area contributed by atoms with Crippen molar-refractivity contribution < 1.29 is 14.7 Å². The summed E-state index contributed by atoms with van der Waals surface area (Å²) in [6, 6.07) is 23.2. The van der Waals surface area contributed by atoms with Crippen LogP contribution in [0.25, 0.3) is 21.8 Å². The van der Waals surface area contributed by atoms with Crippen molar-refractivity contribution in [3.63, 3.8) is 0 Å². The second-order valence-electron chi connectivity index (χ2n) is 15.6. The van der Waals surface area contributed by atoms with Crippen LogP contribution in [0.2, 0.25) is 5.02 Å². The average molecular weight is 888 g/mol. The number of benzene rings is 3. The largest absolute Gasteiger partial charge is 0.388 e. The molecule has 13 heteroatoms. The number of pyridine rings is 1. The Morgan fingerprint density at radius 1 is 0.929 bits per heavy atom. The number of halogens is 2. The van der Waals surface area contributed by atoms with Gasteiger partial charge < -0.3 is 20.2 Å². The minimum absolute atomic E-state index is 0.0476. The molecule has 0 bridgehead atoms. The fraction of sp³-hybridized carbons (Fsp3) is 0.419. The molecule has 2 N–H and O–H groups in total. The Hall–Kier alpha value is -4.11. The number of amides is 2. The van der Waals surface area contributed by atoms with Crippen molar-refractivity contribution in [2.45, 2.75) is 63.0 Å². The van der Waals surface area contributed by atoms with E-state index < -0.39 is 5.60 Å². The van der Waals surface area contributed by atoms with Gasteiger partial charge in [0.15, 0.2) is 0 Å². The van der Waals surface area contributed by atoms with Crippen molar-refractivity contribution >= 4 is 73.8 Å². The van der Waals surface area contributed by atoms with Gasteiger partial charge in [0, 0.05) is 103 Å². The van der Waals surface area contributed by atoms with Gasteiger partial charge in [0.05, 0.1) is 39.9 Å². The Morgan fingerprint density at radius 3 is 2.43 bits per heavy atom. The number of piperidine rings is 1. The summed E-state index contributed by atoms with van der Waals surface area (Å²) in [7, 11) is 0. The first-order chi connectivity index (χ1) is 27.1. The number of hydrogen-bond donors (Lipinski definition) is 2. The number of aliphatic hydroxyl groups is 1. The molecule has 3 aliphatic rings. The maximum absolute atomic E-state index is 14.1. The molecule has 1 saturated carbocycles. The summed E-state index contributed by atoms with van der Waals surface area (Å²) in [5.74, 6) is 0.0405. The van der Waals surface area contributed by atoms with E-state index in [0.29, 0.717) is 79.1 Å². The molecule has 1 aliphatic carbocycles. The number of rotatable bonds is 12. The molecule has 2 saturated heterocycles. The number of nitrogens with one attached hydrogen (secondary N) is 1. The zero-order valence-electron chi connectivity index (χ0n) is 31.4. The normalized spacial score (nSPS) is 18.0. The molecule has 5 aromatic rings. The minimum atomic E-state index is -1.14. The van der Waals surface area contributed by atoms with Gasteiger partial charge >= 0.3 is 0 Å². The van der Waals surface area contributed by atoms with E-state index in [4.69, 9.17) is 16.6 Å². The standard InChI is InChI=1S/C43H47ClIN7O4/c44-36-26-37(30-8-9-30)48-39-24-31(10-12-34(36)39)40(53)46-16-4-7-32(23-29-5-2-1-3-6-29)41(54)50-17-14-43(56,15-18-50)27-51-28-47-38-25-33(11-13-35(38)42(51)55)49-19-21-52(45)22-20-49/h1-3,5-6,10-13,24-26,28,30,32,56H,4,7-9,14-23,27H2,(H,46,53)/t32-/m1/s1. The summed E-state index contributed by atoms with van der Waals surface area (Å²) < 4.78 is 3.78.